The Bertz CT molecular complexity index is 1020. The highest BCUT2D eigenvalue weighted by molar-refractivity contribution is 7.89. The van der Waals surface area contributed by atoms with Gasteiger partial charge in [-0.25, -0.2) is 12.8 Å². The predicted molar refractivity (Wildman–Crippen MR) is 112 cm³/mol. The van der Waals surface area contributed by atoms with Gasteiger partial charge in [0.05, 0.1) is 17.5 Å². The number of nitrogens with one attached hydrogen (secondary N) is 1. The average molecular weight is 432 g/mol. The Balaban J connectivity index is 1.31. The van der Waals surface area contributed by atoms with E-state index in [0.717, 1.165) is 25.3 Å². The number of carbonyl (C=O) groups is 1. The molecule has 1 heterocycles. The molecule has 1 saturated heterocycles. The van der Waals surface area contributed by atoms with Crippen molar-refractivity contribution in [2.24, 2.45) is 0 Å². The molecule has 30 heavy (non-hydrogen) atoms. The van der Waals surface area contributed by atoms with Crippen LogP contribution in [0.25, 0.3) is 0 Å². The molecule has 1 atom stereocenters. The van der Waals surface area contributed by atoms with Gasteiger partial charge in [-0.3, -0.25) is 9.69 Å². The summed E-state index contributed by atoms with van der Waals surface area (Å²) in [6.45, 7) is 1.72. The molecule has 0 bridgehead atoms. The zero-order valence-corrected chi connectivity index (χ0v) is 17.6. The maximum Gasteiger partial charge on any atom is 0.243 e. The fraction of sp³-hybridized carbons (Fsp3) is 0.409. The third-order valence-corrected chi connectivity index (χ3v) is 7.73. The van der Waals surface area contributed by atoms with Gasteiger partial charge < -0.3 is 5.32 Å². The molecule has 2 aromatic rings. The lowest BCUT2D eigenvalue weighted by Crippen LogP contribution is -2.51. The minimum absolute atomic E-state index is 0.0374. The van der Waals surface area contributed by atoms with Gasteiger partial charge in [0.1, 0.15) is 5.82 Å². The monoisotopic (exact) mass is 431 g/mol. The zero-order chi connectivity index (χ0) is 21.1. The largest absolute Gasteiger partial charge is 0.348 e. The number of halogens is 1. The fourth-order valence-corrected chi connectivity index (χ4v) is 5.71. The van der Waals surface area contributed by atoms with Crippen LogP contribution in [0.4, 0.5) is 4.39 Å². The van der Waals surface area contributed by atoms with Crippen LogP contribution in [0.15, 0.2) is 53.4 Å². The molecule has 6 nitrogen and oxygen atoms in total. The second-order valence-corrected chi connectivity index (χ2v) is 9.79. The predicted octanol–water partition coefficient (Wildman–Crippen LogP) is 2.33. The summed E-state index contributed by atoms with van der Waals surface area (Å²) in [5.74, 6) is -0.617. The van der Waals surface area contributed by atoms with E-state index in [1.54, 1.807) is 0 Å². The molecular weight excluding hydrogens is 405 g/mol. The Morgan fingerprint density at radius 2 is 1.83 bits per heavy atom. The van der Waals surface area contributed by atoms with E-state index in [4.69, 9.17) is 0 Å². The van der Waals surface area contributed by atoms with Crippen LogP contribution in [-0.2, 0) is 21.2 Å². The standard InChI is InChI=1S/C22H26FN3O3S/c23-18-7-4-8-19(15-18)30(28,29)26-13-11-25(12-14-26)16-22(27)24-21-10-3-6-17-5-1-2-9-20(17)21/h1-2,4-5,7-9,15,21H,3,6,10-14,16H2,(H,24,27). The lowest BCUT2D eigenvalue weighted by Gasteiger charge is -2.34. The summed E-state index contributed by atoms with van der Waals surface area (Å²) in [4.78, 5) is 14.5. The normalized spacial score (nSPS) is 20.5. The van der Waals surface area contributed by atoms with Gasteiger partial charge in [0.25, 0.3) is 0 Å². The van der Waals surface area contributed by atoms with Crippen molar-refractivity contribution < 1.29 is 17.6 Å². The van der Waals surface area contributed by atoms with Crippen LogP contribution < -0.4 is 5.32 Å². The molecule has 0 radical (unpaired) electrons. The summed E-state index contributed by atoms with van der Waals surface area (Å²) < 4.78 is 40.2. The molecule has 1 aliphatic carbocycles. The van der Waals surface area contributed by atoms with E-state index in [-0.39, 0.29) is 36.5 Å². The van der Waals surface area contributed by atoms with E-state index < -0.39 is 15.8 Å². The van der Waals surface area contributed by atoms with Crippen molar-refractivity contribution in [1.82, 2.24) is 14.5 Å². The Labute approximate surface area is 176 Å². The third-order valence-electron chi connectivity index (χ3n) is 5.84. The number of carbonyl (C=O) groups excluding carboxylic acids is 1. The quantitative estimate of drug-likeness (QED) is 0.789. The first-order chi connectivity index (χ1) is 14.4. The van der Waals surface area contributed by atoms with E-state index in [0.29, 0.717) is 13.1 Å². The van der Waals surface area contributed by atoms with Crippen LogP contribution in [0.3, 0.4) is 0 Å². The number of amides is 1. The SMILES string of the molecule is O=C(CN1CCN(S(=O)(=O)c2cccc(F)c2)CC1)NC1CCCc2ccccc21. The Morgan fingerprint density at radius 1 is 1.07 bits per heavy atom. The summed E-state index contributed by atoms with van der Waals surface area (Å²) >= 11 is 0. The highest BCUT2D eigenvalue weighted by atomic mass is 32.2. The molecule has 4 rings (SSSR count). The number of nitrogens with zero attached hydrogens (tertiary/aromatic N) is 2. The molecule has 2 aliphatic rings. The van der Waals surface area contributed by atoms with E-state index in [2.05, 4.69) is 17.4 Å². The second kappa shape index (κ2) is 8.83. The van der Waals surface area contributed by atoms with Gasteiger partial charge in [0.2, 0.25) is 15.9 Å². The Hall–Kier alpha value is -2.29. The number of sulfonamides is 1. The van der Waals surface area contributed by atoms with Crippen molar-refractivity contribution in [3.63, 3.8) is 0 Å². The minimum atomic E-state index is -3.73. The van der Waals surface area contributed by atoms with Crippen molar-refractivity contribution >= 4 is 15.9 Å². The van der Waals surface area contributed by atoms with E-state index in [1.165, 1.54) is 33.6 Å². The first-order valence-corrected chi connectivity index (χ1v) is 11.7. The van der Waals surface area contributed by atoms with Gasteiger partial charge in [0.15, 0.2) is 0 Å². The summed E-state index contributed by atoms with van der Waals surface area (Å²) in [6.07, 6.45) is 3.03. The highest BCUT2D eigenvalue weighted by Crippen LogP contribution is 2.29. The van der Waals surface area contributed by atoms with Crippen molar-refractivity contribution in [3.05, 3.63) is 65.5 Å². The van der Waals surface area contributed by atoms with Crippen molar-refractivity contribution in [2.75, 3.05) is 32.7 Å². The number of rotatable bonds is 5. The maximum absolute atomic E-state index is 13.4. The zero-order valence-electron chi connectivity index (χ0n) is 16.8. The number of hydrogen-bond donors (Lipinski definition) is 1. The van der Waals surface area contributed by atoms with E-state index in [1.807, 2.05) is 17.0 Å². The highest BCUT2D eigenvalue weighted by Gasteiger charge is 2.30. The summed E-state index contributed by atoms with van der Waals surface area (Å²) in [7, 11) is -3.73. The first kappa shape index (κ1) is 21.0. The average Bonchev–Trinajstić information content (AvgIpc) is 2.74. The molecule has 0 spiro atoms. The molecule has 0 aromatic heterocycles. The molecule has 1 amide bonds. The Kier molecular flexibility index (Phi) is 6.17. The molecule has 1 unspecified atom stereocenters. The summed E-state index contributed by atoms with van der Waals surface area (Å²) in [6, 6.07) is 13.3. The molecule has 1 N–H and O–H groups in total. The van der Waals surface area contributed by atoms with Gasteiger partial charge in [-0.15, -0.1) is 0 Å². The van der Waals surface area contributed by atoms with Crippen molar-refractivity contribution in [1.29, 1.82) is 0 Å². The molecular formula is C22H26FN3O3S. The number of piperazine rings is 1. The van der Waals surface area contributed by atoms with Crippen LogP contribution in [0.1, 0.15) is 30.0 Å². The minimum Gasteiger partial charge on any atom is -0.348 e. The summed E-state index contributed by atoms with van der Waals surface area (Å²) in [5.41, 5.74) is 2.49. The van der Waals surface area contributed by atoms with Gasteiger partial charge in [-0.2, -0.15) is 4.31 Å². The van der Waals surface area contributed by atoms with E-state index in [9.17, 15) is 17.6 Å². The lowest BCUT2D eigenvalue weighted by molar-refractivity contribution is -0.123. The van der Waals surface area contributed by atoms with Gasteiger partial charge in [-0.1, -0.05) is 30.3 Å². The second-order valence-electron chi connectivity index (χ2n) is 7.85. The number of benzene rings is 2. The number of aryl methyl sites for hydroxylation is 1. The number of fused-ring (bicyclic) bond motifs is 1. The fourth-order valence-electron chi connectivity index (χ4n) is 4.25. The van der Waals surface area contributed by atoms with Crippen LogP contribution >= 0.6 is 0 Å². The maximum atomic E-state index is 13.4. The topological polar surface area (TPSA) is 69.7 Å². The van der Waals surface area contributed by atoms with Crippen LogP contribution in [0.2, 0.25) is 0 Å². The van der Waals surface area contributed by atoms with Crippen LogP contribution in [-0.4, -0.2) is 56.3 Å². The number of hydrogen-bond acceptors (Lipinski definition) is 4. The molecule has 160 valence electrons. The third kappa shape index (κ3) is 4.55. The molecule has 0 saturated carbocycles. The molecule has 1 aliphatic heterocycles. The Morgan fingerprint density at radius 3 is 2.60 bits per heavy atom. The first-order valence-electron chi connectivity index (χ1n) is 10.3. The molecule has 8 heteroatoms. The van der Waals surface area contributed by atoms with Crippen molar-refractivity contribution in [2.45, 2.75) is 30.2 Å². The van der Waals surface area contributed by atoms with Gasteiger partial charge >= 0.3 is 0 Å². The van der Waals surface area contributed by atoms with Gasteiger partial charge in [0, 0.05) is 26.2 Å². The molecule has 2 aromatic carbocycles. The van der Waals surface area contributed by atoms with E-state index >= 15 is 0 Å². The van der Waals surface area contributed by atoms with Gasteiger partial charge in [-0.05, 0) is 48.6 Å². The summed E-state index contributed by atoms with van der Waals surface area (Å²) in [5, 5.41) is 3.14. The van der Waals surface area contributed by atoms with Crippen LogP contribution in [0, 0.1) is 5.82 Å². The van der Waals surface area contributed by atoms with Crippen molar-refractivity contribution in [3.8, 4) is 0 Å². The van der Waals surface area contributed by atoms with Crippen LogP contribution in [0.5, 0.6) is 0 Å². The smallest absolute Gasteiger partial charge is 0.243 e. The lowest BCUT2D eigenvalue weighted by atomic mass is 9.88. The molecule has 1 fully saturated rings.